The van der Waals surface area contributed by atoms with Crippen LogP contribution in [0.4, 0.5) is 0 Å². The van der Waals surface area contributed by atoms with Crippen molar-refractivity contribution < 1.29 is 31.4 Å². The first-order chi connectivity index (χ1) is 3.72. The molecule has 0 saturated carbocycles. The average Bonchev–Trinajstić information content (AvgIpc) is 1.98. The molecule has 0 radical (unpaired) electrons. The van der Waals surface area contributed by atoms with Gasteiger partial charge >= 0.3 is 58.3 Å². The van der Waals surface area contributed by atoms with Gasteiger partial charge in [-0.05, 0) is 0 Å². The van der Waals surface area contributed by atoms with E-state index in [0.29, 0.717) is 0 Å². The van der Waals surface area contributed by atoms with E-state index in [9.17, 15) is 0 Å². The van der Waals surface area contributed by atoms with Crippen molar-refractivity contribution in [2.24, 2.45) is 0 Å². The van der Waals surface area contributed by atoms with Gasteiger partial charge in [0, 0.05) is 0 Å². The Labute approximate surface area is 58.6 Å². The standard InChI is InChI=1S/C4H9INO2/c1-6-3(7)2-5-4(6)8/h3-4,7-8H,2H2,1H3/q-1/p+1. The van der Waals surface area contributed by atoms with Crippen molar-refractivity contribution in [3.05, 3.63) is 0 Å². The van der Waals surface area contributed by atoms with Crippen LogP contribution in [0, 0.1) is 0 Å². The number of hydrogen-bond acceptors (Lipinski definition) is 2. The van der Waals surface area contributed by atoms with Crippen LogP contribution in [-0.2, 0) is 0 Å². The topological polar surface area (TPSA) is 46.4 Å². The molecule has 0 aromatic heterocycles. The Morgan fingerprint density at radius 2 is 2.50 bits per heavy atom. The second-order valence-electron chi connectivity index (χ2n) is 1.79. The van der Waals surface area contributed by atoms with Gasteiger partial charge in [-0.2, -0.15) is 0 Å². The van der Waals surface area contributed by atoms with Gasteiger partial charge in [0.1, 0.15) is 0 Å². The molecule has 2 atom stereocenters. The minimum absolute atomic E-state index is 0.0584. The van der Waals surface area contributed by atoms with Crippen LogP contribution in [0.1, 0.15) is 0 Å². The van der Waals surface area contributed by atoms with Crippen molar-refractivity contribution >= 4 is 0 Å². The zero-order valence-electron chi connectivity index (χ0n) is 4.63. The molecule has 0 aliphatic carbocycles. The summed E-state index contributed by atoms with van der Waals surface area (Å²) in [5.74, 6) is 0. The van der Waals surface area contributed by atoms with Crippen LogP contribution in [0.25, 0.3) is 0 Å². The summed E-state index contributed by atoms with van der Waals surface area (Å²) in [6, 6.07) is 0. The maximum absolute atomic E-state index is 9.00. The summed E-state index contributed by atoms with van der Waals surface area (Å²) in [4.78, 5) is 1.72. The number of alkyl halides is 2. The van der Waals surface area contributed by atoms with Crippen LogP contribution in [0.3, 0.4) is 0 Å². The number of rotatable bonds is 0. The molecule has 1 aliphatic heterocycles. The van der Waals surface area contributed by atoms with Crippen LogP contribution in [-0.4, -0.2) is 37.1 Å². The molecule has 1 aliphatic rings. The number of aliphatic hydroxyl groups is 1. The molecule has 1 fully saturated rings. The normalized spacial score (nSPS) is 41.9. The van der Waals surface area contributed by atoms with Crippen molar-refractivity contribution in [1.29, 1.82) is 0 Å². The fourth-order valence-electron chi connectivity index (χ4n) is 0.533. The van der Waals surface area contributed by atoms with E-state index in [1.807, 2.05) is 0 Å². The van der Waals surface area contributed by atoms with E-state index in [1.165, 1.54) is 0 Å². The third kappa shape index (κ3) is 1.12. The Hall–Kier alpha value is 0.610. The van der Waals surface area contributed by atoms with E-state index in [0.717, 1.165) is 4.43 Å². The SMILES string of the molecule is CN1C(O)C[I-]C1[OH2+]. The predicted molar refractivity (Wildman–Crippen MR) is 26.0 cm³/mol. The van der Waals surface area contributed by atoms with Crippen LogP contribution in [0.15, 0.2) is 0 Å². The molecule has 0 aromatic rings. The zero-order chi connectivity index (χ0) is 6.15. The average molecular weight is 231 g/mol. The van der Waals surface area contributed by atoms with Crippen molar-refractivity contribution in [3.63, 3.8) is 0 Å². The molecule has 4 heteroatoms. The van der Waals surface area contributed by atoms with Gasteiger partial charge in [-0.1, -0.05) is 0 Å². The van der Waals surface area contributed by atoms with E-state index in [4.69, 9.17) is 10.2 Å². The summed E-state index contributed by atoms with van der Waals surface area (Å²) in [5, 5.41) is 16.3. The van der Waals surface area contributed by atoms with Crippen molar-refractivity contribution in [2.75, 3.05) is 11.5 Å². The summed E-state index contributed by atoms with van der Waals surface area (Å²) < 4.78 is 0.799. The first-order valence-corrected chi connectivity index (χ1v) is 5.18. The molecule has 0 bridgehead atoms. The Balaban J connectivity index is 2.44. The molecule has 0 spiro atoms. The Bertz CT molecular complexity index is 80.1. The molecule has 0 amide bonds. The van der Waals surface area contributed by atoms with Crippen molar-refractivity contribution in [3.8, 4) is 0 Å². The second kappa shape index (κ2) is 2.47. The van der Waals surface area contributed by atoms with E-state index in [2.05, 4.69) is 0 Å². The molecule has 3 N–H and O–H groups in total. The predicted octanol–water partition coefficient (Wildman–Crippen LogP) is -4.65. The number of halogens is 1. The number of nitrogens with zero attached hydrogens (tertiary/aromatic N) is 1. The van der Waals surface area contributed by atoms with Crippen LogP contribution in [0.5, 0.6) is 0 Å². The summed E-state index contributed by atoms with van der Waals surface area (Å²) in [7, 11) is 1.80. The van der Waals surface area contributed by atoms with Gasteiger partial charge in [0.15, 0.2) is 0 Å². The Morgan fingerprint density at radius 1 is 1.88 bits per heavy atom. The fourth-order valence-corrected chi connectivity index (χ4v) is 3.08. The molecule has 1 saturated heterocycles. The van der Waals surface area contributed by atoms with Gasteiger partial charge in [-0.3, -0.25) is 0 Å². The van der Waals surface area contributed by atoms with Crippen LogP contribution in [0.2, 0.25) is 0 Å². The van der Waals surface area contributed by atoms with Crippen molar-refractivity contribution in [2.45, 2.75) is 10.5 Å². The molecule has 1 rings (SSSR count). The zero-order valence-corrected chi connectivity index (χ0v) is 6.79. The van der Waals surface area contributed by atoms with Gasteiger partial charge in [0.2, 0.25) is 0 Å². The molecule has 50 valence electrons. The second-order valence-corrected chi connectivity index (χ2v) is 4.73. The van der Waals surface area contributed by atoms with Crippen LogP contribution >= 0.6 is 0 Å². The van der Waals surface area contributed by atoms with Gasteiger partial charge in [0.05, 0.1) is 0 Å². The summed E-state index contributed by atoms with van der Waals surface area (Å²) in [6.45, 7) is 0. The number of hydrogen-bond donors (Lipinski definition) is 1. The molecule has 3 nitrogen and oxygen atoms in total. The van der Waals surface area contributed by atoms with Gasteiger partial charge in [-0.25, -0.2) is 0 Å². The third-order valence-electron chi connectivity index (χ3n) is 1.20. The fraction of sp³-hybridized carbons (Fsp3) is 1.00. The quantitative estimate of drug-likeness (QED) is 0.197. The number of aliphatic hydroxyl groups excluding tert-OH is 1. The van der Waals surface area contributed by atoms with E-state index in [1.54, 1.807) is 11.9 Å². The van der Waals surface area contributed by atoms with Crippen molar-refractivity contribution in [1.82, 2.24) is 4.90 Å². The van der Waals surface area contributed by atoms with Gasteiger partial charge in [0.25, 0.3) is 0 Å². The van der Waals surface area contributed by atoms with Gasteiger partial charge < -0.3 is 0 Å². The monoisotopic (exact) mass is 231 g/mol. The summed E-state index contributed by atoms with van der Waals surface area (Å²) in [6.07, 6.45) is -0.315. The Kier molecular flexibility index (Phi) is 2.07. The molecule has 1 heterocycles. The van der Waals surface area contributed by atoms with Crippen LogP contribution < -0.4 is 21.2 Å². The first kappa shape index (κ1) is 6.73. The molecular formula is C4H10INO2. The first-order valence-electron chi connectivity index (χ1n) is 2.40. The molecule has 0 aromatic carbocycles. The third-order valence-corrected chi connectivity index (χ3v) is 4.21. The molecule has 8 heavy (non-hydrogen) atoms. The summed E-state index contributed by atoms with van der Waals surface area (Å²) >= 11 is -0.0584. The Morgan fingerprint density at radius 3 is 2.62 bits per heavy atom. The van der Waals surface area contributed by atoms with E-state index < -0.39 is 0 Å². The van der Waals surface area contributed by atoms with E-state index >= 15 is 0 Å². The molecule has 2 unspecified atom stereocenters. The molecular weight excluding hydrogens is 221 g/mol. The van der Waals surface area contributed by atoms with Gasteiger partial charge in [-0.15, -0.1) is 0 Å². The minimum atomic E-state index is -0.315. The van der Waals surface area contributed by atoms with E-state index in [-0.39, 0.29) is 31.7 Å². The summed E-state index contributed by atoms with van der Waals surface area (Å²) in [5.41, 5.74) is 0. The maximum atomic E-state index is 9.00.